The number of rotatable bonds is 3. The van der Waals surface area contributed by atoms with Crippen LogP contribution in [-0.4, -0.2) is 18.5 Å². The van der Waals surface area contributed by atoms with Gasteiger partial charge in [-0.1, -0.05) is 6.08 Å². The first-order valence-corrected chi connectivity index (χ1v) is 6.80. The summed E-state index contributed by atoms with van der Waals surface area (Å²) < 4.78 is 1.16. The van der Waals surface area contributed by atoms with Gasteiger partial charge in [-0.15, -0.1) is 0 Å². The normalized spacial score (nSPS) is 19.7. The fourth-order valence-corrected chi connectivity index (χ4v) is 2.16. The molecular weight excluding hydrogens is 327 g/mol. The van der Waals surface area contributed by atoms with E-state index >= 15 is 0 Å². The molecule has 2 N–H and O–H groups in total. The van der Waals surface area contributed by atoms with Gasteiger partial charge < -0.3 is 10.6 Å². The lowest BCUT2D eigenvalue weighted by molar-refractivity contribution is -0.111. The maximum absolute atomic E-state index is 11.6. The summed E-state index contributed by atoms with van der Waals surface area (Å²) >= 11 is 2.24. The lowest BCUT2D eigenvalue weighted by atomic mass is 10.2. The second-order valence-corrected chi connectivity index (χ2v) is 5.30. The lowest BCUT2D eigenvalue weighted by Gasteiger charge is -2.04. The Balaban J connectivity index is 1.86. The van der Waals surface area contributed by atoms with Crippen LogP contribution in [0.15, 0.2) is 36.4 Å². The number of nitrogens with one attached hydrogen (secondary N) is 2. The molecule has 0 aromatic heterocycles. The summed E-state index contributed by atoms with van der Waals surface area (Å²) in [6.07, 6.45) is 5.86. The monoisotopic (exact) mass is 342 g/mol. The molecule has 1 fully saturated rings. The van der Waals surface area contributed by atoms with Gasteiger partial charge in [0.2, 0.25) is 5.91 Å². The minimum Gasteiger partial charge on any atom is -0.323 e. The largest absolute Gasteiger partial charge is 0.323 e. The molecule has 1 atom stereocenters. The summed E-state index contributed by atoms with van der Waals surface area (Å²) in [6.45, 7) is 1.05. The quantitative estimate of drug-likeness (QED) is 0.655. The summed E-state index contributed by atoms with van der Waals surface area (Å²) in [4.78, 5) is 11.6. The van der Waals surface area contributed by atoms with Crippen LogP contribution in [0.1, 0.15) is 12.8 Å². The van der Waals surface area contributed by atoms with E-state index in [4.69, 9.17) is 0 Å². The molecule has 0 radical (unpaired) electrons. The Morgan fingerprint density at radius 3 is 2.82 bits per heavy atom. The van der Waals surface area contributed by atoms with Crippen LogP contribution in [0.5, 0.6) is 0 Å². The molecule has 1 unspecified atom stereocenters. The van der Waals surface area contributed by atoms with Crippen molar-refractivity contribution < 1.29 is 4.79 Å². The number of hydrogen-bond donors (Lipinski definition) is 2. The van der Waals surface area contributed by atoms with E-state index in [2.05, 4.69) is 33.2 Å². The molecular formula is C13H15IN2O. The Morgan fingerprint density at radius 1 is 1.41 bits per heavy atom. The Kier molecular flexibility index (Phi) is 4.56. The second kappa shape index (κ2) is 6.16. The Morgan fingerprint density at radius 2 is 2.18 bits per heavy atom. The van der Waals surface area contributed by atoms with E-state index in [1.165, 1.54) is 6.42 Å². The molecule has 1 amide bonds. The Labute approximate surface area is 115 Å². The first kappa shape index (κ1) is 12.6. The van der Waals surface area contributed by atoms with Crippen LogP contribution < -0.4 is 10.6 Å². The van der Waals surface area contributed by atoms with Crippen molar-refractivity contribution in [2.75, 3.05) is 11.9 Å². The van der Waals surface area contributed by atoms with Crippen molar-refractivity contribution in [3.8, 4) is 0 Å². The molecule has 0 spiro atoms. The van der Waals surface area contributed by atoms with Crippen LogP contribution in [0.4, 0.5) is 5.69 Å². The fourth-order valence-electron chi connectivity index (χ4n) is 1.80. The molecule has 1 saturated heterocycles. The van der Waals surface area contributed by atoms with E-state index in [1.807, 2.05) is 30.3 Å². The number of carbonyl (C=O) groups excluding carboxylic acids is 1. The molecule has 0 saturated carbocycles. The average Bonchev–Trinajstić information content (AvgIpc) is 2.83. The summed E-state index contributed by atoms with van der Waals surface area (Å²) in [6, 6.07) is 8.11. The fraction of sp³-hybridized carbons (Fsp3) is 0.308. The second-order valence-electron chi connectivity index (χ2n) is 4.06. The van der Waals surface area contributed by atoms with Gasteiger partial charge in [0, 0.05) is 21.4 Å². The maximum atomic E-state index is 11.6. The summed E-state index contributed by atoms with van der Waals surface area (Å²) in [7, 11) is 0. The van der Waals surface area contributed by atoms with Gasteiger partial charge in [-0.25, -0.2) is 0 Å². The Bertz CT molecular complexity index is 408. The smallest absolute Gasteiger partial charge is 0.248 e. The van der Waals surface area contributed by atoms with Crippen LogP contribution in [0.25, 0.3) is 0 Å². The van der Waals surface area contributed by atoms with Crippen LogP contribution in [0.3, 0.4) is 0 Å². The van der Waals surface area contributed by atoms with Gasteiger partial charge in [0.1, 0.15) is 0 Å². The van der Waals surface area contributed by atoms with Crippen molar-refractivity contribution >= 4 is 34.2 Å². The van der Waals surface area contributed by atoms with Crippen LogP contribution >= 0.6 is 22.6 Å². The van der Waals surface area contributed by atoms with E-state index in [0.29, 0.717) is 6.04 Å². The number of halogens is 1. The summed E-state index contributed by atoms with van der Waals surface area (Å²) in [5.74, 6) is -0.0695. The molecule has 0 bridgehead atoms. The van der Waals surface area contributed by atoms with Gasteiger partial charge in [-0.3, -0.25) is 4.79 Å². The predicted octanol–water partition coefficient (Wildman–Crippen LogP) is 2.54. The molecule has 3 nitrogen and oxygen atoms in total. The molecule has 17 heavy (non-hydrogen) atoms. The molecule has 1 aromatic carbocycles. The number of anilines is 1. The van der Waals surface area contributed by atoms with Gasteiger partial charge in [-0.05, 0) is 66.2 Å². The zero-order chi connectivity index (χ0) is 12.1. The van der Waals surface area contributed by atoms with Gasteiger partial charge in [-0.2, -0.15) is 0 Å². The van der Waals surface area contributed by atoms with Crippen molar-refractivity contribution in [3.05, 3.63) is 40.0 Å². The highest BCUT2D eigenvalue weighted by atomic mass is 127. The molecule has 1 aromatic rings. The maximum Gasteiger partial charge on any atom is 0.248 e. The number of carbonyl (C=O) groups is 1. The third-order valence-electron chi connectivity index (χ3n) is 2.69. The molecule has 1 aliphatic heterocycles. The predicted molar refractivity (Wildman–Crippen MR) is 78.0 cm³/mol. The van der Waals surface area contributed by atoms with E-state index in [-0.39, 0.29) is 5.91 Å². The first-order valence-electron chi connectivity index (χ1n) is 5.72. The highest BCUT2D eigenvalue weighted by Crippen LogP contribution is 2.11. The minimum atomic E-state index is -0.0695. The highest BCUT2D eigenvalue weighted by molar-refractivity contribution is 14.1. The standard InChI is InChI=1S/C13H15IN2O/c14-10-3-5-12(6-4-10)16-13(17)8-7-11-2-1-9-15-11/h3-8,11,15H,1-2,9H2,(H,16,17). The third kappa shape index (κ3) is 4.12. The SMILES string of the molecule is O=C(C=CC1CCCN1)Nc1ccc(I)cc1. The van der Waals surface area contributed by atoms with Gasteiger partial charge in [0.15, 0.2) is 0 Å². The van der Waals surface area contributed by atoms with E-state index < -0.39 is 0 Å². The van der Waals surface area contributed by atoms with Crippen molar-refractivity contribution in [1.82, 2.24) is 5.32 Å². The highest BCUT2D eigenvalue weighted by Gasteiger charge is 2.10. The number of hydrogen-bond acceptors (Lipinski definition) is 2. The molecule has 4 heteroatoms. The zero-order valence-corrected chi connectivity index (χ0v) is 11.6. The van der Waals surface area contributed by atoms with Crippen LogP contribution in [0.2, 0.25) is 0 Å². The number of benzene rings is 1. The van der Waals surface area contributed by atoms with E-state index in [1.54, 1.807) is 6.08 Å². The zero-order valence-electron chi connectivity index (χ0n) is 9.45. The van der Waals surface area contributed by atoms with Crippen molar-refractivity contribution in [2.24, 2.45) is 0 Å². The van der Waals surface area contributed by atoms with Crippen molar-refractivity contribution in [2.45, 2.75) is 18.9 Å². The summed E-state index contributed by atoms with van der Waals surface area (Å²) in [5.41, 5.74) is 0.833. The molecule has 90 valence electrons. The van der Waals surface area contributed by atoms with Crippen molar-refractivity contribution in [3.63, 3.8) is 0 Å². The van der Waals surface area contributed by atoms with Crippen LogP contribution in [0, 0.1) is 3.57 Å². The molecule has 0 aliphatic carbocycles. The lowest BCUT2D eigenvalue weighted by Crippen LogP contribution is -2.19. The summed E-state index contributed by atoms with van der Waals surface area (Å²) in [5, 5.41) is 6.15. The van der Waals surface area contributed by atoms with Gasteiger partial charge in [0.25, 0.3) is 0 Å². The topological polar surface area (TPSA) is 41.1 Å². The third-order valence-corrected chi connectivity index (χ3v) is 3.41. The van der Waals surface area contributed by atoms with Crippen molar-refractivity contribution in [1.29, 1.82) is 0 Å². The van der Waals surface area contributed by atoms with Crippen LogP contribution in [-0.2, 0) is 4.79 Å². The Hall–Kier alpha value is -0.880. The first-order chi connectivity index (χ1) is 8.24. The van der Waals surface area contributed by atoms with Gasteiger partial charge >= 0.3 is 0 Å². The molecule has 1 heterocycles. The molecule has 2 rings (SSSR count). The van der Waals surface area contributed by atoms with E-state index in [9.17, 15) is 4.79 Å². The average molecular weight is 342 g/mol. The van der Waals surface area contributed by atoms with Gasteiger partial charge in [0.05, 0.1) is 0 Å². The number of amides is 1. The van der Waals surface area contributed by atoms with E-state index in [0.717, 1.165) is 22.2 Å². The molecule has 1 aliphatic rings. The minimum absolute atomic E-state index is 0.0695.